The fourth-order valence-corrected chi connectivity index (χ4v) is 2.60. The number of aromatic nitrogens is 1. The van der Waals surface area contributed by atoms with Gasteiger partial charge in [0.25, 0.3) is 5.91 Å². The monoisotopic (exact) mass is 297 g/mol. The third kappa shape index (κ3) is 3.84. The zero-order valence-electron chi connectivity index (χ0n) is 11.9. The molecule has 5 nitrogen and oxygen atoms in total. The van der Waals surface area contributed by atoms with Crippen molar-refractivity contribution < 1.29 is 9.53 Å². The number of carbonyl (C=O) groups is 1. The first-order valence-electron chi connectivity index (χ1n) is 6.78. The molecule has 1 aromatic rings. The van der Waals surface area contributed by atoms with E-state index in [0.717, 1.165) is 26.1 Å². The van der Waals surface area contributed by atoms with Gasteiger partial charge in [0.05, 0.1) is 6.61 Å². The molecule has 20 heavy (non-hydrogen) atoms. The van der Waals surface area contributed by atoms with Gasteiger partial charge >= 0.3 is 0 Å². The largest absolute Gasteiger partial charge is 0.381 e. The Kier molecular flexibility index (Phi) is 5.20. The minimum absolute atomic E-state index is 0.0450. The Morgan fingerprint density at radius 3 is 3.05 bits per heavy atom. The van der Waals surface area contributed by atoms with Crippen LogP contribution in [0.15, 0.2) is 12.1 Å². The van der Waals surface area contributed by atoms with Gasteiger partial charge in [-0.25, -0.2) is 4.98 Å². The van der Waals surface area contributed by atoms with Crippen molar-refractivity contribution >= 4 is 23.3 Å². The summed E-state index contributed by atoms with van der Waals surface area (Å²) in [6.45, 7) is 2.27. The number of hydrogen-bond donors (Lipinski definition) is 1. The molecular weight excluding hydrogens is 278 g/mol. The predicted molar refractivity (Wildman–Crippen MR) is 79.3 cm³/mol. The third-order valence-electron chi connectivity index (χ3n) is 3.43. The van der Waals surface area contributed by atoms with Crippen LogP contribution >= 0.6 is 11.6 Å². The summed E-state index contributed by atoms with van der Waals surface area (Å²) in [6, 6.07) is 3.31. The SMILES string of the molecule is CNc1cc(C(=O)N(C)CC2CCCOC2)cc(Cl)n1. The molecule has 1 aliphatic heterocycles. The molecule has 1 amide bonds. The van der Waals surface area contributed by atoms with Crippen molar-refractivity contribution in [3.05, 3.63) is 22.8 Å². The van der Waals surface area contributed by atoms with E-state index in [1.54, 1.807) is 24.1 Å². The van der Waals surface area contributed by atoms with Crippen LogP contribution in [0.25, 0.3) is 0 Å². The average molecular weight is 298 g/mol. The van der Waals surface area contributed by atoms with Crippen molar-refractivity contribution in [2.45, 2.75) is 12.8 Å². The van der Waals surface area contributed by atoms with E-state index in [9.17, 15) is 4.79 Å². The molecule has 1 aromatic heterocycles. The number of anilines is 1. The molecule has 1 unspecified atom stereocenters. The number of rotatable bonds is 4. The molecule has 0 bridgehead atoms. The maximum absolute atomic E-state index is 12.4. The number of pyridine rings is 1. The third-order valence-corrected chi connectivity index (χ3v) is 3.62. The van der Waals surface area contributed by atoms with Gasteiger partial charge in [-0.05, 0) is 30.9 Å². The van der Waals surface area contributed by atoms with Gasteiger partial charge in [-0.15, -0.1) is 0 Å². The first-order chi connectivity index (χ1) is 9.60. The van der Waals surface area contributed by atoms with E-state index >= 15 is 0 Å². The summed E-state index contributed by atoms with van der Waals surface area (Å²) in [7, 11) is 3.56. The van der Waals surface area contributed by atoms with Gasteiger partial charge in [-0.3, -0.25) is 4.79 Å². The van der Waals surface area contributed by atoms with Crippen LogP contribution in [0.3, 0.4) is 0 Å². The summed E-state index contributed by atoms with van der Waals surface area (Å²) in [5, 5.41) is 3.21. The quantitative estimate of drug-likeness (QED) is 0.866. The minimum atomic E-state index is -0.0450. The first-order valence-corrected chi connectivity index (χ1v) is 7.16. The van der Waals surface area contributed by atoms with Crippen molar-refractivity contribution in [1.82, 2.24) is 9.88 Å². The Morgan fingerprint density at radius 1 is 1.60 bits per heavy atom. The number of nitrogens with one attached hydrogen (secondary N) is 1. The van der Waals surface area contributed by atoms with Gasteiger partial charge in [-0.1, -0.05) is 11.6 Å². The highest BCUT2D eigenvalue weighted by molar-refractivity contribution is 6.29. The summed E-state index contributed by atoms with van der Waals surface area (Å²) in [6.07, 6.45) is 2.17. The molecule has 1 aliphatic rings. The zero-order valence-corrected chi connectivity index (χ0v) is 12.6. The lowest BCUT2D eigenvalue weighted by atomic mass is 10.0. The van der Waals surface area contributed by atoms with Gasteiger partial charge in [0.2, 0.25) is 0 Å². The fraction of sp³-hybridized carbons (Fsp3) is 0.571. The van der Waals surface area contributed by atoms with Gasteiger partial charge in [-0.2, -0.15) is 0 Å². The van der Waals surface area contributed by atoms with E-state index in [4.69, 9.17) is 16.3 Å². The number of hydrogen-bond acceptors (Lipinski definition) is 4. The van der Waals surface area contributed by atoms with Gasteiger partial charge in [0.15, 0.2) is 0 Å². The molecule has 0 saturated carbocycles. The summed E-state index contributed by atoms with van der Waals surface area (Å²) < 4.78 is 5.44. The van der Waals surface area contributed by atoms with E-state index in [-0.39, 0.29) is 5.91 Å². The van der Waals surface area contributed by atoms with E-state index in [1.807, 2.05) is 7.05 Å². The summed E-state index contributed by atoms with van der Waals surface area (Å²) in [5.74, 6) is 0.963. The van der Waals surface area contributed by atoms with Crippen molar-refractivity contribution in [1.29, 1.82) is 0 Å². The maximum Gasteiger partial charge on any atom is 0.253 e. The van der Waals surface area contributed by atoms with Gasteiger partial charge in [0.1, 0.15) is 11.0 Å². The Labute approximate surface area is 124 Å². The highest BCUT2D eigenvalue weighted by Gasteiger charge is 2.20. The summed E-state index contributed by atoms with van der Waals surface area (Å²) >= 11 is 5.93. The van der Waals surface area contributed by atoms with Crippen LogP contribution in [0, 0.1) is 5.92 Å². The molecule has 0 spiro atoms. The van der Waals surface area contributed by atoms with E-state index in [1.165, 1.54) is 0 Å². The Hall–Kier alpha value is -1.33. The number of nitrogens with zero attached hydrogens (tertiary/aromatic N) is 2. The molecular formula is C14H20ClN3O2. The molecule has 1 fully saturated rings. The van der Waals surface area contributed by atoms with Crippen molar-refractivity contribution in [3.8, 4) is 0 Å². The number of amides is 1. The van der Waals surface area contributed by atoms with Gasteiger partial charge in [0, 0.05) is 32.8 Å². The molecule has 110 valence electrons. The number of halogens is 1. The van der Waals surface area contributed by atoms with Crippen LogP contribution in [-0.2, 0) is 4.74 Å². The lowest BCUT2D eigenvalue weighted by Gasteiger charge is -2.27. The molecule has 2 heterocycles. The van der Waals surface area contributed by atoms with Crippen molar-refractivity contribution in [3.63, 3.8) is 0 Å². The molecule has 0 aromatic carbocycles. The smallest absolute Gasteiger partial charge is 0.253 e. The Bertz CT molecular complexity index is 475. The second-order valence-electron chi connectivity index (χ2n) is 5.08. The van der Waals surface area contributed by atoms with Crippen LogP contribution in [0.2, 0.25) is 5.15 Å². The van der Waals surface area contributed by atoms with Crippen LogP contribution in [-0.4, -0.2) is 49.6 Å². The Balaban J connectivity index is 2.03. The Morgan fingerprint density at radius 2 is 2.40 bits per heavy atom. The molecule has 2 rings (SSSR count). The summed E-state index contributed by atoms with van der Waals surface area (Å²) in [5.41, 5.74) is 0.550. The molecule has 0 radical (unpaired) electrons. The van der Waals surface area contributed by atoms with Crippen LogP contribution in [0.5, 0.6) is 0 Å². The number of carbonyl (C=O) groups excluding carboxylic acids is 1. The topological polar surface area (TPSA) is 54.5 Å². The molecule has 0 aliphatic carbocycles. The second kappa shape index (κ2) is 6.90. The lowest BCUT2D eigenvalue weighted by Crippen LogP contribution is -2.35. The van der Waals surface area contributed by atoms with Gasteiger partial charge < -0.3 is 15.0 Å². The maximum atomic E-state index is 12.4. The predicted octanol–water partition coefficient (Wildman–Crippen LogP) is 2.28. The van der Waals surface area contributed by atoms with E-state index in [0.29, 0.717) is 29.0 Å². The second-order valence-corrected chi connectivity index (χ2v) is 5.47. The van der Waals surface area contributed by atoms with E-state index in [2.05, 4.69) is 10.3 Å². The molecule has 1 N–H and O–H groups in total. The van der Waals surface area contributed by atoms with Crippen LogP contribution in [0.1, 0.15) is 23.2 Å². The molecule has 6 heteroatoms. The molecule has 1 saturated heterocycles. The lowest BCUT2D eigenvalue weighted by molar-refractivity contribution is 0.0388. The minimum Gasteiger partial charge on any atom is -0.381 e. The molecule has 1 atom stereocenters. The van der Waals surface area contributed by atoms with Crippen LogP contribution in [0.4, 0.5) is 5.82 Å². The van der Waals surface area contributed by atoms with Crippen molar-refractivity contribution in [2.75, 3.05) is 39.2 Å². The first kappa shape index (κ1) is 15.1. The van der Waals surface area contributed by atoms with E-state index < -0.39 is 0 Å². The fourth-order valence-electron chi connectivity index (χ4n) is 2.39. The standard InChI is InChI=1S/C14H20ClN3O2/c1-16-13-7-11(6-12(15)17-13)14(19)18(2)8-10-4-3-5-20-9-10/h6-7,10H,3-5,8-9H2,1-2H3,(H,16,17). The highest BCUT2D eigenvalue weighted by atomic mass is 35.5. The van der Waals surface area contributed by atoms with Crippen molar-refractivity contribution in [2.24, 2.45) is 5.92 Å². The summed E-state index contributed by atoms with van der Waals surface area (Å²) in [4.78, 5) is 18.2. The number of ether oxygens (including phenoxy) is 1. The normalized spacial score (nSPS) is 18.6. The highest BCUT2D eigenvalue weighted by Crippen LogP contribution is 2.18. The average Bonchev–Trinajstić information content (AvgIpc) is 2.46. The zero-order chi connectivity index (χ0) is 14.5. The van der Waals surface area contributed by atoms with Crippen LogP contribution < -0.4 is 5.32 Å².